The SMILES string of the molecule is COCCCN(C(=O)c1c(C)nn(-c2ccccc2)c1Cl)c1nc(-c2ccccc2)cs1. The molecule has 0 N–H and O–H groups in total. The first-order valence-corrected chi connectivity index (χ1v) is 11.5. The minimum Gasteiger partial charge on any atom is -0.385 e. The maximum atomic E-state index is 13.7. The summed E-state index contributed by atoms with van der Waals surface area (Å²) in [6, 6.07) is 19.4. The van der Waals surface area contributed by atoms with Crippen LogP contribution in [0.25, 0.3) is 16.9 Å². The van der Waals surface area contributed by atoms with Crippen LogP contribution in [-0.2, 0) is 4.74 Å². The Bertz CT molecular complexity index is 1190. The van der Waals surface area contributed by atoms with Crippen LogP contribution in [0, 0.1) is 6.92 Å². The van der Waals surface area contributed by atoms with Gasteiger partial charge in [0.2, 0.25) is 0 Å². The molecule has 0 radical (unpaired) electrons. The van der Waals surface area contributed by atoms with Gasteiger partial charge in [0.05, 0.1) is 17.1 Å². The molecule has 6 nitrogen and oxygen atoms in total. The van der Waals surface area contributed by atoms with E-state index in [0.29, 0.717) is 36.0 Å². The summed E-state index contributed by atoms with van der Waals surface area (Å²) in [5, 5.41) is 7.39. The number of hydrogen-bond donors (Lipinski definition) is 0. The number of rotatable bonds is 8. The predicted octanol–water partition coefficient (Wildman–Crippen LogP) is 5.64. The first-order chi connectivity index (χ1) is 15.6. The molecule has 2 heterocycles. The number of carbonyl (C=O) groups excluding carboxylic acids is 1. The quantitative estimate of drug-likeness (QED) is 0.315. The van der Waals surface area contributed by atoms with Crippen LogP contribution in [0.3, 0.4) is 0 Å². The van der Waals surface area contributed by atoms with Gasteiger partial charge in [-0.3, -0.25) is 9.69 Å². The lowest BCUT2D eigenvalue weighted by molar-refractivity contribution is 0.0983. The van der Waals surface area contributed by atoms with E-state index < -0.39 is 0 Å². The Morgan fingerprint density at radius 3 is 2.50 bits per heavy atom. The second-order valence-electron chi connectivity index (χ2n) is 7.18. The predicted molar refractivity (Wildman–Crippen MR) is 129 cm³/mol. The molecule has 0 atom stereocenters. The van der Waals surface area contributed by atoms with Crippen LogP contribution in [0.1, 0.15) is 22.5 Å². The second kappa shape index (κ2) is 10.1. The number of amides is 1. The highest BCUT2D eigenvalue weighted by molar-refractivity contribution is 7.14. The molecule has 0 bridgehead atoms. The largest absolute Gasteiger partial charge is 0.385 e. The number of thiazole rings is 1. The summed E-state index contributed by atoms with van der Waals surface area (Å²) in [6.07, 6.45) is 0.673. The van der Waals surface area contributed by atoms with Gasteiger partial charge in [0.25, 0.3) is 5.91 Å². The van der Waals surface area contributed by atoms with Crippen molar-refractivity contribution >= 4 is 34.0 Å². The number of aryl methyl sites for hydroxylation is 1. The Hall–Kier alpha value is -3.00. The summed E-state index contributed by atoms with van der Waals surface area (Å²) in [4.78, 5) is 20.1. The van der Waals surface area contributed by atoms with Crippen molar-refractivity contribution in [2.45, 2.75) is 13.3 Å². The van der Waals surface area contributed by atoms with Gasteiger partial charge < -0.3 is 4.74 Å². The maximum absolute atomic E-state index is 13.7. The highest BCUT2D eigenvalue weighted by Crippen LogP contribution is 2.31. The van der Waals surface area contributed by atoms with E-state index in [2.05, 4.69) is 5.10 Å². The summed E-state index contributed by atoms with van der Waals surface area (Å²) in [6.45, 7) is 2.79. The van der Waals surface area contributed by atoms with Gasteiger partial charge in [-0.1, -0.05) is 60.1 Å². The molecule has 1 amide bonds. The molecule has 2 aromatic carbocycles. The highest BCUT2D eigenvalue weighted by atomic mass is 35.5. The number of aromatic nitrogens is 3. The van der Waals surface area contributed by atoms with Crippen LogP contribution < -0.4 is 4.90 Å². The molecule has 0 unspecified atom stereocenters. The van der Waals surface area contributed by atoms with Crippen LogP contribution in [0.4, 0.5) is 5.13 Å². The van der Waals surface area contributed by atoms with Crippen LogP contribution in [0.5, 0.6) is 0 Å². The van der Waals surface area contributed by atoms with Crippen molar-refractivity contribution in [3.63, 3.8) is 0 Å². The molecule has 0 fully saturated rings. The van der Waals surface area contributed by atoms with E-state index in [1.165, 1.54) is 11.3 Å². The number of hydrogen-bond acceptors (Lipinski definition) is 5. The average molecular weight is 467 g/mol. The molecule has 0 aliphatic heterocycles. The van der Waals surface area contributed by atoms with Crippen molar-refractivity contribution in [1.29, 1.82) is 0 Å². The third kappa shape index (κ3) is 4.60. The lowest BCUT2D eigenvalue weighted by Crippen LogP contribution is -2.33. The molecule has 8 heteroatoms. The number of para-hydroxylation sites is 1. The van der Waals surface area contributed by atoms with Gasteiger partial charge >= 0.3 is 0 Å². The molecule has 0 aliphatic carbocycles. The lowest BCUT2D eigenvalue weighted by atomic mass is 10.2. The summed E-state index contributed by atoms with van der Waals surface area (Å²) in [5.41, 5.74) is 3.58. The molecule has 164 valence electrons. The van der Waals surface area contributed by atoms with Crippen molar-refractivity contribution in [1.82, 2.24) is 14.8 Å². The first kappa shape index (κ1) is 22.2. The average Bonchev–Trinajstić information content (AvgIpc) is 3.42. The Morgan fingerprint density at radius 1 is 1.12 bits per heavy atom. The van der Waals surface area contributed by atoms with Crippen molar-refractivity contribution in [3.8, 4) is 16.9 Å². The number of halogens is 1. The number of nitrogens with zero attached hydrogens (tertiary/aromatic N) is 4. The molecule has 0 spiro atoms. The Kier molecular flexibility index (Phi) is 6.99. The molecule has 2 aromatic heterocycles. The molecule has 0 saturated heterocycles. The summed E-state index contributed by atoms with van der Waals surface area (Å²) in [7, 11) is 1.65. The molecule has 4 rings (SSSR count). The van der Waals surface area contributed by atoms with Gasteiger partial charge in [-0.05, 0) is 25.5 Å². The van der Waals surface area contributed by atoms with E-state index in [-0.39, 0.29) is 11.1 Å². The van der Waals surface area contributed by atoms with Gasteiger partial charge in [0, 0.05) is 31.2 Å². The highest BCUT2D eigenvalue weighted by Gasteiger charge is 2.28. The Balaban J connectivity index is 1.69. The standard InChI is InChI=1S/C24H23ClN4O2S/c1-17-21(22(25)29(27-17)19-12-7-4-8-13-19)23(30)28(14-9-15-31-2)24-26-20(16-32-24)18-10-5-3-6-11-18/h3-8,10-13,16H,9,14-15H2,1-2H3. The van der Waals surface area contributed by atoms with E-state index in [0.717, 1.165) is 16.9 Å². The third-order valence-corrected chi connectivity index (χ3v) is 6.20. The van der Waals surface area contributed by atoms with Gasteiger partial charge in [-0.25, -0.2) is 9.67 Å². The summed E-state index contributed by atoms with van der Waals surface area (Å²) in [5.74, 6) is -0.222. The van der Waals surface area contributed by atoms with Crippen LogP contribution in [0.15, 0.2) is 66.0 Å². The fraction of sp³-hybridized carbons (Fsp3) is 0.208. The van der Waals surface area contributed by atoms with Crippen molar-refractivity contribution in [2.75, 3.05) is 25.2 Å². The molecular weight excluding hydrogens is 444 g/mol. The van der Waals surface area contributed by atoms with Crippen LogP contribution >= 0.6 is 22.9 Å². The summed E-state index contributed by atoms with van der Waals surface area (Å²) < 4.78 is 6.79. The van der Waals surface area contributed by atoms with E-state index in [1.807, 2.05) is 66.0 Å². The Labute approximate surface area is 196 Å². The lowest BCUT2D eigenvalue weighted by Gasteiger charge is -2.20. The summed E-state index contributed by atoms with van der Waals surface area (Å²) >= 11 is 8.10. The van der Waals surface area contributed by atoms with Gasteiger partial charge in [-0.2, -0.15) is 5.10 Å². The number of carbonyl (C=O) groups is 1. The maximum Gasteiger partial charge on any atom is 0.265 e. The van der Waals surface area contributed by atoms with E-state index in [1.54, 1.807) is 23.6 Å². The smallest absolute Gasteiger partial charge is 0.265 e. The molecule has 0 saturated carbocycles. The number of benzene rings is 2. The van der Waals surface area contributed by atoms with Crippen molar-refractivity contribution < 1.29 is 9.53 Å². The minimum atomic E-state index is -0.222. The fourth-order valence-corrected chi connectivity index (χ4v) is 4.61. The zero-order valence-electron chi connectivity index (χ0n) is 17.9. The molecular formula is C24H23ClN4O2S. The molecule has 0 aliphatic rings. The van der Waals surface area contributed by atoms with E-state index in [9.17, 15) is 4.79 Å². The van der Waals surface area contributed by atoms with Crippen LogP contribution in [0.2, 0.25) is 5.15 Å². The number of anilines is 1. The minimum absolute atomic E-state index is 0.222. The zero-order chi connectivity index (χ0) is 22.5. The monoisotopic (exact) mass is 466 g/mol. The normalized spacial score (nSPS) is 11.0. The third-order valence-electron chi connectivity index (χ3n) is 4.99. The number of methoxy groups -OCH3 is 1. The van der Waals surface area contributed by atoms with E-state index in [4.69, 9.17) is 21.3 Å². The van der Waals surface area contributed by atoms with Crippen molar-refractivity contribution in [3.05, 3.63) is 82.5 Å². The Morgan fingerprint density at radius 2 is 1.81 bits per heavy atom. The topological polar surface area (TPSA) is 60.2 Å². The van der Waals surface area contributed by atoms with E-state index >= 15 is 0 Å². The first-order valence-electron chi connectivity index (χ1n) is 10.2. The number of ether oxygens (including phenoxy) is 1. The van der Waals surface area contributed by atoms with Gasteiger partial charge in [-0.15, -0.1) is 11.3 Å². The second-order valence-corrected chi connectivity index (χ2v) is 8.38. The fourth-order valence-electron chi connectivity index (χ4n) is 3.40. The van der Waals surface area contributed by atoms with Crippen LogP contribution in [-0.4, -0.2) is 40.9 Å². The molecule has 32 heavy (non-hydrogen) atoms. The van der Waals surface area contributed by atoms with Gasteiger partial charge in [0.15, 0.2) is 5.13 Å². The molecule has 4 aromatic rings. The van der Waals surface area contributed by atoms with Crippen molar-refractivity contribution in [2.24, 2.45) is 0 Å². The zero-order valence-corrected chi connectivity index (χ0v) is 19.4. The van der Waals surface area contributed by atoms with Gasteiger partial charge in [0.1, 0.15) is 10.7 Å².